The summed E-state index contributed by atoms with van der Waals surface area (Å²) in [7, 11) is -3.82. The number of benzene rings is 2. The zero-order valence-corrected chi connectivity index (χ0v) is 20.6. The Bertz CT molecular complexity index is 1050. The van der Waals surface area contributed by atoms with E-state index in [9.17, 15) is 13.2 Å². The first-order chi connectivity index (χ1) is 15.8. The van der Waals surface area contributed by atoms with Gasteiger partial charge in [-0.25, -0.2) is 8.42 Å². The smallest absolute Gasteiger partial charge is 0.241 e. The second-order valence-electron chi connectivity index (χ2n) is 9.08. The van der Waals surface area contributed by atoms with Crippen LogP contribution in [0.25, 0.3) is 0 Å². The molecule has 6 nitrogen and oxygen atoms in total. The average molecular weight is 490 g/mol. The van der Waals surface area contributed by atoms with E-state index in [0.29, 0.717) is 24.4 Å². The van der Waals surface area contributed by atoms with Gasteiger partial charge < -0.3 is 10.2 Å². The predicted molar refractivity (Wildman–Crippen MR) is 133 cm³/mol. The number of halogens is 1. The van der Waals surface area contributed by atoms with Crippen LogP contribution in [0.2, 0.25) is 5.02 Å². The van der Waals surface area contributed by atoms with E-state index < -0.39 is 14.6 Å². The van der Waals surface area contributed by atoms with Gasteiger partial charge in [0, 0.05) is 49.5 Å². The van der Waals surface area contributed by atoms with Gasteiger partial charge in [-0.05, 0) is 56.2 Å². The third-order valence-electron chi connectivity index (χ3n) is 7.08. The number of nitrogens with one attached hydrogen (secondary N) is 1. The molecule has 33 heavy (non-hydrogen) atoms. The predicted octanol–water partition coefficient (Wildman–Crippen LogP) is 3.75. The Balaban J connectivity index is 1.38. The highest BCUT2D eigenvalue weighted by Gasteiger charge is 2.52. The first-order valence-corrected chi connectivity index (χ1v) is 13.5. The van der Waals surface area contributed by atoms with E-state index in [0.717, 1.165) is 39.0 Å². The number of hydrogen-bond donors (Lipinski definition) is 1. The number of hydrogen-bond acceptors (Lipinski definition) is 5. The Kier molecular flexibility index (Phi) is 7.31. The van der Waals surface area contributed by atoms with Crippen LogP contribution in [0.5, 0.6) is 0 Å². The van der Waals surface area contributed by atoms with E-state index in [-0.39, 0.29) is 16.8 Å². The van der Waals surface area contributed by atoms with Crippen molar-refractivity contribution in [2.45, 2.75) is 48.3 Å². The second kappa shape index (κ2) is 10.0. The molecule has 1 heterocycles. The normalized spacial score (nSPS) is 19.9. The maximum absolute atomic E-state index is 13.5. The SMILES string of the molecule is CC(CNC(=O)C1(S(=O)(=O)c2ccc(Cl)cc2)CCCC1)N1CCN(c2ccccc2)CC1. The maximum atomic E-state index is 13.5. The fourth-order valence-corrected chi connectivity index (χ4v) is 7.21. The topological polar surface area (TPSA) is 69.7 Å². The molecule has 178 valence electrons. The molecule has 2 fully saturated rings. The lowest BCUT2D eigenvalue weighted by Gasteiger charge is -2.39. The summed E-state index contributed by atoms with van der Waals surface area (Å²) in [6, 6.07) is 16.6. The van der Waals surface area contributed by atoms with Crippen molar-refractivity contribution < 1.29 is 13.2 Å². The summed E-state index contributed by atoms with van der Waals surface area (Å²) >= 11 is 5.94. The van der Waals surface area contributed by atoms with Gasteiger partial charge in [0.2, 0.25) is 5.91 Å². The minimum absolute atomic E-state index is 0.128. The molecule has 1 saturated carbocycles. The van der Waals surface area contributed by atoms with Crippen molar-refractivity contribution in [2.24, 2.45) is 0 Å². The Labute approximate surface area is 201 Å². The number of nitrogens with zero attached hydrogens (tertiary/aromatic N) is 2. The van der Waals surface area contributed by atoms with Crippen LogP contribution in [0.1, 0.15) is 32.6 Å². The second-order valence-corrected chi connectivity index (χ2v) is 11.8. The summed E-state index contributed by atoms with van der Waals surface area (Å²) < 4.78 is 25.6. The number of para-hydroxylation sites is 1. The summed E-state index contributed by atoms with van der Waals surface area (Å²) in [5.41, 5.74) is 1.23. The fraction of sp³-hybridized carbons (Fsp3) is 0.480. The molecule has 0 aromatic heterocycles. The summed E-state index contributed by atoms with van der Waals surface area (Å²) in [4.78, 5) is 18.2. The van der Waals surface area contributed by atoms with E-state index in [4.69, 9.17) is 11.6 Å². The highest BCUT2D eigenvalue weighted by molar-refractivity contribution is 7.93. The summed E-state index contributed by atoms with van der Waals surface area (Å²) in [5.74, 6) is -0.371. The van der Waals surface area contributed by atoms with Gasteiger partial charge in [-0.2, -0.15) is 0 Å². The average Bonchev–Trinajstić information content (AvgIpc) is 3.35. The molecular formula is C25H32ClN3O3S. The largest absolute Gasteiger partial charge is 0.369 e. The molecular weight excluding hydrogens is 458 g/mol. The van der Waals surface area contributed by atoms with Gasteiger partial charge in [-0.15, -0.1) is 0 Å². The molecule has 1 aliphatic carbocycles. The maximum Gasteiger partial charge on any atom is 0.241 e. The summed E-state index contributed by atoms with van der Waals surface area (Å²) in [6.07, 6.45) is 2.18. The van der Waals surface area contributed by atoms with Crippen LogP contribution in [-0.2, 0) is 14.6 Å². The van der Waals surface area contributed by atoms with Crippen LogP contribution in [0.4, 0.5) is 5.69 Å². The van der Waals surface area contributed by atoms with E-state index in [2.05, 4.69) is 46.3 Å². The van der Waals surface area contributed by atoms with E-state index in [1.165, 1.54) is 17.8 Å². The van der Waals surface area contributed by atoms with Crippen molar-refractivity contribution in [1.82, 2.24) is 10.2 Å². The first kappa shape index (κ1) is 24.0. The number of sulfone groups is 1. The number of carbonyl (C=O) groups is 1. The van der Waals surface area contributed by atoms with Crippen LogP contribution < -0.4 is 10.2 Å². The Morgan fingerprint density at radius 1 is 1.00 bits per heavy atom. The molecule has 1 atom stereocenters. The molecule has 4 rings (SSSR count). The molecule has 8 heteroatoms. The van der Waals surface area contributed by atoms with Crippen molar-refractivity contribution in [2.75, 3.05) is 37.6 Å². The van der Waals surface area contributed by atoms with Gasteiger partial charge in [0.15, 0.2) is 14.6 Å². The van der Waals surface area contributed by atoms with E-state index >= 15 is 0 Å². The Morgan fingerprint density at radius 3 is 2.21 bits per heavy atom. The summed E-state index contributed by atoms with van der Waals surface area (Å²) in [5, 5.41) is 3.47. The fourth-order valence-electron chi connectivity index (χ4n) is 4.99. The molecule has 1 aliphatic heterocycles. The van der Waals surface area contributed by atoms with Crippen LogP contribution in [-0.4, -0.2) is 62.7 Å². The van der Waals surface area contributed by atoms with Crippen molar-refractivity contribution in [3.8, 4) is 0 Å². The van der Waals surface area contributed by atoms with Crippen LogP contribution in [0.15, 0.2) is 59.5 Å². The van der Waals surface area contributed by atoms with Crippen molar-refractivity contribution >= 4 is 33.0 Å². The minimum Gasteiger partial charge on any atom is -0.369 e. The lowest BCUT2D eigenvalue weighted by molar-refractivity contribution is -0.123. The third-order valence-corrected chi connectivity index (χ3v) is 9.85. The number of carbonyl (C=O) groups excluding carboxylic acids is 1. The number of piperazine rings is 1. The van der Waals surface area contributed by atoms with Gasteiger partial charge in [0.25, 0.3) is 0 Å². The zero-order valence-electron chi connectivity index (χ0n) is 19.0. The van der Waals surface area contributed by atoms with Gasteiger partial charge in [0.1, 0.15) is 0 Å². The molecule has 1 amide bonds. The molecule has 1 N–H and O–H groups in total. The molecule has 0 bridgehead atoms. The molecule has 0 radical (unpaired) electrons. The van der Waals surface area contributed by atoms with E-state index in [1.54, 1.807) is 12.1 Å². The summed E-state index contributed by atoms with van der Waals surface area (Å²) in [6.45, 7) is 6.18. The first-order valence-electron chi connectivity index (χ1n) is 11.7. The Morgan fingerprint density at radius 2 is 1.61 bits per heavy atom. The van der Waals surface area contributed by atoms with Gasteiger partial charge in [0.05, 0.1) is 4.90 Å². The molecule has 1 unspecified atom stereocenters. The number of anilines is 1. The van der Waals surface area contributed by atoms with Crippen LogP contribution in [0.3, 0.4) is 0 Å². The minimum atomic E-state index is -3.82. The molecule has 2 aliphatic rings. The lowest BCUT2D eigenvalue weighted by atomic mass is 10.1. The lowest BCUT2D eigenvalue weighted by Crippen LogP contribution is -2.55. The molecule has 1 saturated heterocycles. The quantitative estimate of drug-likeness (QED) is 0.641. The standard InChI is InChI=1S/C25H32ClN3O3S/c1-20(28-15-17-29(18-16-28)22-7-3-2-4-8-22)19-27-24(30)25(13-5-6-14-25)33(31,32)23-11-9-21(26)10-12-23/h2-4,7-12,20H,5-6,13-19H2,1H3,(H,27,30). The van der Waals surface area contributed by atoms with Gasteiger partial charge in [-0.1, -0.05) is 42.6 Å². The Hall–Kier alpha value is -2.09. The number of amides is 1. The number of rotatable bonds is 7. The van der Waals surface area contributed by atoms with E-state index in [1.807, 2.05) is 6.07 Å². The van der Waals surface area contributed by atoms with Crippen molar-refractivity contribution in [3.63, 3.8) is 0 Å². The molecule has 2 aromatic rings. The van der Waals surface area contributed by atoms with Crippen LogP contribution >= 0.6 is 11.6 Å². The van der Waals surface area contributed by atoms with Gasteiger partial charge in [-0.3, -0.25) is 9.69 Å². The molecule has 0 spiro atoms. The highest BCUT2D eigenvalue weighted by atomic mass is 35.5. The van der Waals surface area contributed by atoms with Crippen molar-refractivity contribution in [3.05, 3.63) is 59.6 Å². The monoisotopic (exact) mass is 489 g/mol. The highest BCUT2D eigenvalue weighted by Crippen LogP contribution is 2.41. The van der Waals surface area contributed by atoms with Crippen molar-refractivity contribution in [1.29, 1.82) is 0 Å². The zero-order chi connectivity index (χ0) is 23.5. The molecule has 2 aromatic carbocycles. The third kappa shape index (κ3) is 4.91. The van der Waals surface area contributed by atoms with Gasteiger partial charge >= 0.3 is 0 Å². The van der Waals surface area contributed by atoms with Crippen LogP contribution in [0, 0.1) is 0 Å².